The minimum atomic E-state index is -0.100. The molecule has 1 aromatic carbocycles. The Labute approximate surface area is 179 Å². The van der Waals surface area contributed by atoms with Crippen molar-refractivity contribution in [2.75, 3.05) is 26.8 Å². The summed E-state index contributed by atoms with van der Waals surface area (Å²) in [5.41, 5.74) is 2.91. The number of amides is 2. The van der Waals surface area contributed by atoms with E-state index in [4.69, 9.17) is 4.74 Å². The van der Waals surface area contributed by atoms with Gasteiger partial charge in [-0.1, -0.05) is 19.1 Å². The van der Waals surface area contributed by atoms with Gasteiger partial charge in [0.25, 0.3) is 5.91 Å². The molecular weight excluding hydrogens is 378 g/mol. The van der Waals surface area contributed by atoms with Crippen molar-refractivity contribution < 1.29 is 14.3 Å². The first-order chi connectivity index (χ1) is 14.5. The van der Waals surface area contributed by atoms with Crippen LogP contribution in [0.1, 0.15) is 47.8 Å². The molecule has 6 nitrogen and oxygen atoms in total. The van der Waals surface area contributed by atoms with Gasteiger partial charge in [-0.3, -0.25) is 9.59 Å². The summed E-state index contributed by atoms with van der Waals surface area (Å²) < 4.78 is 7.20. The van der Waals surface area contributed by atoms with Gasteiger partial charge in [0.05, 0.1) is 6.54 Å². The van der Waals surface area contributed by atoms with Gasteiger partial charge in [-0.25, -0.2) is 0 Å². The fraction of sp³-hybridized carbons (Fsp3) is 0.500. The summed E-state index contributed by atoms with van der Waals surface area (Å²) in [6.07, 6.45) is 5.69. The zero-order valence-electron chi connectivity index (χ0n) is 18.3. The molecule has 0 N–H and O–H groups in total. The van der Waals surface area contributed by atoms with Crippen molar-refractivity contribution in [1.29, 1.82) is 0 Å². The minimum Gasteiger partial charge on any atom is -0.385 e. The Balaban J connectivity index is 1.72. The average molecular weight is 412 g/mol. The quantitative estimate of drug-likeness (QED) is 0.534. The first-order valence-corrected chi connectivity index (χ1v) is 10.8. The van der Waals surface area contributed by atoms with E-state index in [1.807, 2.05) is 59.1 Å². The minimum absolute atomic E-state index is 0.00893. The van der Waals surface area contributed by atoms with Crippen LogP contribution in [-0.2, 0) is 29.5 Å². The maximum atomic E-state index is 13.2. The van der Waals surface area contributed by atoms with E-state index < -0.39 is 0 Å². The topological polar surface area (TPSA) is 54.8 Å². The number of ether oxygens (including phenoxy) is 1. The third-order valence-corrected chi connectivity index (χ3v) is 5.69. The van der Waals surface area contributed by atoms with Crippen LogP contribution in [0.25, 0.3) is 0 Å². The van der Waals surface area contributed by atoms with E-state index in [1.54, 1.807) is 12.0 Å². The number of hydrogen-bond acceptors (Lipinski definition) is 3. The second-order valence-corrected chi connectivity index (χ2v) is 7.99. The molecule has 1 aliphatic carbocycles. The van der Waals surface area contributed by atoms with Gasteiger partial charge in [0.1, 0.15) is 6.54 Å². The van der Waals surface area contributed by atoms with E-state index in [-0.39, 0.29) is 24.4 Å². The molecule has 0 aliphatic heterocycles. The van der Waals surface area contributed by atoms with E-state index in [9.17, 15) is 9.59 Å². The van der Waals surface area contributed by atoms with E-state index in [1.165, 1.54) is 5.56 Å². The van der Waals surface area contributed by atoms with Crippen molar-refractivity contribution in [3.05, 3.63) is 59.4 Å². The molecular formula is C24H33N3O3. The lowest BCUT2D eigenvalue weighted by Gasteiger charge is -2.28. The van der Waals surface area contributed by atoms with Crippen LogP contribution in [-0.4, -0.2) is 59.0 Å². The van der Waals surface area contributed by atoms with E-state index in [0.29, 0.717) is 31.7 Å². The smallest absolute Gasteiger partial charge is 0.254 e. The summed E-state index contributed by atoms with van der Waals surface area (Å²) in [4.78, 5) is 30.0. The average Bonchev–Trinajstić information content (AvgIpc) is 3.52. The van der Waals surface area contributed by atoms with Crippen LogP contribution < -0.4 is 0 Å². The van der Waals surface area contributed by atoms with Crippen LogP contribution in [0.3, 0.4) is 0 Å². The summed E-state index contributed by atoms with van der Waals surface area (Å²) in [6.45, 7) is 3.82. The normalized spacial score (nSPS) is 13.3. The molecule has 3 rings (SSSR count). The molecule has 0 saturated heterocycles. The maximum absolute atomic E-state index is 13.2. The Hall–Kier alpha value is -2.60. The van der Waals surface area contributed by atoms with E-state index in [0.717, 1.165) is 25.0 Å². The fourth-order valence-electron chi connectivity index (χ4n) is 3.61. The molecule has 2 aromatic rings. The second-order valence-electron chi connectivity index (χ2n) is 7.99. The Kier molecular flexibility index (Phi) is 7.69. The Bertz CT molecular complexity index is 840. The van der Waals surface area contributed by atoms with Gasteiger partial charge in [0.15, 0.2) is 0 Å². The molecule has 1 aliphatic rings. The zero-order valence-corrected chi connectivity index (χ0v) is 18.3. The summed E-state index contributed by atoms with van der Waals surface area (Å²) in [5, 5.41) is 0. The van der Waals surface area contributed by atoms with Crippen molar-refractivity contribution >= 4 is 11.8 Å². The van der Waals surface area contributed by atoms with Crippen LogP contribution in [0.5, 0.6) is 0 Å². The summed E-state index contributed by atoms with van der Waals surface area (Å²) in [5.74, 6) is -0.0913. The van der Waals surface area contributed by atoms with Gasteiger partial charge in [-0.15, -0.1) is 0 Å². The number of nitrogens with zero attached hydrogens (tertiary/aromatic N) is 3. The highest BCUT2D eigenvalue weighted by molar-refractivity contribution is 5.96. The molecule has 0 spiro atoms. The second kappa shape index (κ2) is 10.4. The fourth-order valence-corrected chi connectivity index (χ4v) is 3.61. The largest absolute Gasteiger partial charge is 0.385 e. The number of hydrogen-bond donors (Lipinski definition) is 0. The highest BCUT2D eigenvalue weighted by atomic mass is 16.5. The lowest BCUT2D eigenvalue weighted by molar-refractivity contribution is -0.133. The SMILES string of the molecule is CCc1ccc(C(=O)N(CCCOC)CC(=O)N(Cc2cccn2C)C2CC2)cc1. The summed E-state index contributed by atoms with van der Waals surface area (Å²) in [6, 6.07) is 12.0. The van der Waals surface area contributed by atoms with Crippen LogP contribution in [0.4, 0.5) is 0 Å². The van der Waals surface area contributed by atoms with Crippen molar-refractivity contribution in [3.8, 4) is 0 Å². The Morgan fingerprint density at radius 2 is 1.90 bits per heavy atom. The molecule has 1 fully saturated rings. The Morgan fingerprint density at radius 3 is 2.47 bits per heavy atom. The number of aryl methyl sites for hydroxylation is 2. The standard InChI is InChI=1S/C24H33N3O3/c1-4-19-8-10-20(11-9-19)24(29)26(15-6-16-30-3)18-23(28)27(21-12-13-21)17-22-7-5-14-25(22)2/h5,7-11,14,21H,4,6,12-13,15-18H2,1-3H3. The molecule has 162 valence electrons. The van der Waals surface area contributed by atoms with Gasteiger partial charge < -0.3 is 19.1 Å². The predicted octanol–water partition coefficient (Wildman–Crippen LogP) is 3.26. The molecule has 0 bridgehead atoms. The highest BCUT2D eigenvalue weighted by Crippen LogP contribution is 2.28. The number of methoxy groups -OCH3 is 1. The summed E-state index contributed by atoms with van der Waals surface area (Å²) in [7, 11) is 3.64. The van der Waals surface area contributed by atoms with Crippen LogP contribution in [0.15, 0.2) is 42.6 Å². The molecule has 0 unspecified atom stereocenters. The van der Waals surface area contributed by atoms with Gasteiger partial charge in [-0.05, 0) is 55.5 Å². The molecule has 30 heavy (non-hydrogen) atoms. The third-order valence-electron chi connectivity index (χ3n) is 5.69. The number of carbonyl (C=O) groups excluding carboxylic acids is 2. The van der Waals surface area contributed by atoms with Gasteiger partial charge in [0, 0.05) is 50.8 Å². The van der Waals surface area contributed by atoms with Crippen LogP contribution >= 0.6 is 0 Å². The predicted molar refractivity (Wildman–Crippen MR) is 117 cm³/mol. The molecule has 1 saturated carbocycles. The lowest BCUT2D eigenvalue weighted by Crippen LogP contribution is -2.44. The third kappa shape index (κ3) is 5.72. The molecule has 2 amide bonds. The summed E-state index contributed by atoms with van der Waals surface area (Å²) >= 11 is 0. The van der Waals surface area contributed by atoms with Gasteiger partial charge >= 0.3 is 0 Å². The maximum Gasteiger partial charge on any atom is 0.254 e. The van der Waals surface area contributed by atoms with E-state index >= 15 is 0 Å². The van der Waals surface area contributed by atoms with Crippen LogP contribution in [0.2, 0.25) is 0 Å². The lowest BCUT2D eigenvalue weighted by atomic mass is 10.1. The Morgan fingerprint density at radius 1 is 1.17 bits per heavy atom. The number of carbonyl (C=O) groups is 2. The van der Waals surface area contributed by atoms with Gasteiger partial charge in [0.2, 0.25) is 5.91 Å². The first-order valence-electron chi connectivity index (χ1n) is 10.8. The molecule has 0 atom stereocenters. The van der Waals surface area contributed by atoms with Crippen molar-refractivity contribution in [3.63, 3.8) is 0 Å². The molecule has 1 heterocycles. The molecule has 1 aromatic heterocycles. The van der Waals surface area contributed by atoms with Crippen LogP contribution in [0, 0.1) is 0 Å². The highest BCUT2D eigenvalue weighted by Gasteiger charge is 2.34. The number of rotatable bonds is 11. The zero-order chi connectivity index (χ0) is 21.5. The van der Waals surface area contributed by atoms with Crippen molar-refractivity contribution in [2.24, 2.45) is 7.05 Å². The first kappa shape index (κ1) is 22.1. The molecule has 6 heteroatoms. The van der Waals surface area contributed by atoms with Gasteiger partial charge in [-0.2, -0.15) is 0 Å². The van der Waals surface area contributed by atoms with Crippen molar-refractivity contribution in [1.82, 2.24) is 14.4 Å². The van der Waals surface area contributed by atoms with Crippen molar-refractivity contribution in [2.45, 2.75) is 45.2 Å². The monoisotopic (exact) mass is 411 g/mol. The van der Waals surface area contributed by atoms with E-state index in [2.05, 4.69) is 6.92 Å². The molecule has 0 radical (unpaired) electrons. The number of benzene rings is 1. The number of aromatic nitrogens is 1.